The van der Waals surface area contributed by atoms with Crippen molar-refractivity contribution < 1.29 is 9.13 Å². The smallest absolute Gasteiger partial charge is 0.233 e. The molecule has 1 unspecified atom stereocenters. The number of H-pyrrole nitrogens is 1. The standard InChI is InChI=1S/C17H18FN5O/c1-10-12-6-11(2-3-14(12)23-22-10)15-8-20-9-17(21-15)24-16-4-5-19-7-13(16)18/h2-3,6,8-9,13,16,19H,4-5,7H2,1H3,(H,22,23)/t13-,16?/m1/s1. The molecule has 1 fully saturated rings. The molecule has 0 spiro atoms. The first-order valence-electron chi connectivity index (χ1n) is 7.99. The number of ether oxygens (including phenoxy) is 1. The third kappa shape index (κ3) is 2.82. The fourth-order valence-electron chi connectivity index (χ4n) is 2.93. The van der Waals surface area contributed by atoms with Crippen LogP contribution >= 0.6 is 0 Å². The summed E-state index contributed by atoms with van der Waals surface area (Å²) in [5.41, 5.74) is 3.53. The molecule has 1 aromatic carbocycles. The van der Waals surface area contributed by atoms with Gasteiger partial charge in [0.2, 0.25) is 5.88 Å². The van der Waals surface area contributed by atoms with Crippen molar-refractivity contribution in [2.75, 3.05) is 13.1 Å². The van der Waals surface area contributed by atoms with Gasteiger partial charge in [-0.05, 0) is 32.0 Å². The Labute approximate surface area is 138 Å². The second kappa shape index (κ2) is 6.16. The van der Waals surface area contributed by atoms with E-state index in [9.17, 15) is 4.39 Å². The topological polar surface area (TPSA) is 75.7 Å². The number of nitrogens with one attached hydrogen (secondary N) is 2. The van der Waals surface area contributed by atoms with Crippen LogP contribution in [0.4, 0.5) is 4.39 Å². The molecule has 0 radical (unpaired) electrons. The van der Waals surface area contributed by atoms with Crippen molar-refractivity contribution >= 4 is 10.9 Å². The van der Waals surface area contributed by atoms with Gasteiger partial charge in [0, 0.05) is 23.2 Å². The summed E-state index contributed by atoms with van der Waals surface area (Å²) < 4.78 is 19.6. The molecule has 2 aromatic heterocycles. The molecule has 0 bridgehead atoms. The minimum absolute atomic E-state index is 0.314. The van der Waals surface area contributed by atoms with E-state index >= 15 is 0 Å². The summed E-state index contributed by atoms with van der Waals surface area (Å²) in [7, 11) is 0. The van der Waals surface area contributed by atoms with Crippen LogP contribution in [0.25, 0.3) is 22.2 Å². The van der Waals surface area contributed by atoms with E-state index in [-0.39, 0.29) is 0 Å². The average Bonchev–Trinajstić information content (AvgIpc) is 2.98. The van der Waals surface area contributed by atoms with Crippen LogP contribution in [0.5, 0.6) is 5.88 Å². The fourth-order valence-corrected chi connectivity index (χ4v) is 2.93. The van der Waals surface area contributed by atoms with Gasteiger partial charge < -0.3 is 10.1 Å². The molecule has 7 heteroatoms. The van der Waals surface area contributed by atoms with Gasteiger partial charge in [0.25, 0.3) is 0 Å². The van der Waals surface area contributed by atoms with Crippen LogP contribution < -0.4 is 10.1 Å². The van der Waals surface area contributed by atoms with Gasteiger partial charge in [0.15, 0.2) is 0 Å². The summed E-state index contributed by atoms with van der Waals surface area (Å²) in [5, 5.41) is 11.2. The number of fused-ring (bicyclic) bond motifs is 1. The van der Waals surface area contributed by atoms with Gasteiger partial charge in [-0.3, -0.25) is 10.1 Å². The van der Waals surface area contributed by atoms with Crippen molar-refractivity contribution in [3.63, 3.8) is 0 Å². The van der Waals surface area contributed by atoms with Gasteiger partial charge in [-0.1, -0.05) is 6.07 Å². The Kier molecular flexibility index (Phi) is 3.86. The second-order valence-electron chi connectivity index (χ2n) is 5.99. The van der Waals surface area contributed by atoms with Gasteiger partial charge >= 0.3 is 0 Å². The largest absolute Gasteiger partial charge is 0.470 e. The first kappa shape index (κ1) is 15.0. The number of hydrogen-bond donors (Lipinski definition) is 2. The summed E-state index contributed by atoms with van der Waals surface area (Å²) in [6.07, 6.45) is 2.31. The van der Waals surface area contributed by atoms with E-state index in [0.29, 0.717) is 24.5 Å². The zero-order valence-corrected chi connectivity index (χ0v) is 13.3. The van der Waals surface area contributed by atoms with Crippen molar-refractivity contribution in [2.24, 2.45) is 0 Å². The van der Waals surface area contributed by atoms with Gasteiger partial charge in [-0.15, -0.1) is 0 Å². The molecule has 0 aliphatic carbocycles. The summed E-state index contributed by atoms with van der Waals surface area (Å²) in [4.78, 5) is 8.68. The molecule has 6 nitrogen and oxygen atoms in total. The zero-order chi connectivity index (χ0) is 16.5. The van der Waals surface area contributed by atoms with Gasteiger partial charge in [-0.25, -0.2) is 9.37 Å². The molecular formula is C17H18FN5O. The van der Waals surface area contributed by atoms with Crippen LogP contribution in [0.3, 0.4) is 0 Å². The maximum atomic E-state index is 13.9. The molecule has 2 N–H and O–H groups in total. The molecule has 0 amide bonds. The fraction of sp³-hybridized carbons (Fsp3) is 0.353. The Hall–Kier alpha value is -2.54. The molecule has 1 aliphatic rings. The number of nitrogens with zero attached hydrogens (tertiary/aromatic N) is 3. The second-order valence-corrected chi connectivity index (χ2v) is 5.99. The summed E-state index contributed by atoms with van der Waals surface area (Å²) in [6, 6.07) is 5.90. The van der Waals surface area contributed by atoms with E-state index in [0.717, 1.165) is 28.7 Å². The van der Waals surface area contributed by atoms with Gasteiger partial charge in [0.1, 0.15) is 12.3 Å². The predicted molar refractivity (Wildman–Crippen MR) is 88.7 cm³/mol. The van der Waals surface area contributed by atoms with E-state index in [1.165, 1.54) is 6.20 Å². The van der Waals surface area contributed by atoms with Crippen LogP contribution in [0.1, 0.15) is 12.1 Å². The van der Waals surface area contributed by atoms with Crippen molar-refractivity contribution in [1.29, 1.82) is 0 Å². The molecule has 2 atom stereocenters. The summed E-state index contributed by atoms with van der Waals surface area (Å²) in [6.45, 7) is 3.03. The number of alkyl halides is 1. The maximum Gasteiger partial charge on any atom is 0.233 e. The predicted octanol–water partition coefficient (Wildman–Crippen LogP) is 2.41. The van der Waals surface area contributed by atoms with Crippen molar-refractivity contribution in [3.8, 4) is 17.1 Å². The molecule has 3 heterocycles. The quantitative estimate of drug-likeness (QED) is 0.772. The first-order valence-corrected chi connectivity index (χ1v) is 7.99. The van der Waals surface area contributed by atoms with Crippen LogP contribution in [-0.2, 0) is 0 Å². The van der Waals surface area contributed by atoms with Crippen molar-refractivity contribution in [3.05, 3.63) is 36.3 Å². The molecule has 24 heavy (non-hydrogen) atoms. The number of hydrogen-bond acceptors (Lipinski definition) is 5. The zero-order valence-electron chi connectivity index (χ0n) is 13.3. The number of piperidine rings is 1. The average molecular weight is 327 g/mol. The lowest BCUT2D eigenvalue weighted by molar-refractivity contribution is 0.0691. The number of benzene rings is 1. The van der Waals surface area contributed by atoms with E-state index in [1.807, 2.05) is 25.1 Å². The Morgan fingerprint density at radius 1 is 1.29 bits per heavy atom. The normalized spacial score (nSPS) is 21.1. The Bertz CT molecular complexity index is 865. The highest BCUT2D eigenvalue weighted by molar-refractivity contribution is 5.85. The minimum Gasteiger partial charge on any atom is -0.470 e. The lowest BCUT2D eigenvalue weighted by Gasteiger charge is -2.26. The third-order valence-corrected chi connectivity index (χ3v) is 4.27. The SMILES string of the molecule is Cc1[nH]nc2ccc(-c3cncc(OC4CCNC[C@H]4F)n3)cc12. The molecule has 4 rings (SSSR count). The monoisotopic (exact) mass is 327 g/mol. The molecule has 124 valence electrons. The van der Waals surface area contributed by atoms with Gasteiger partial charge in [0.05, 0.1) is 23.6 Å². The number of aryl methyl sites for hydroxylation is 1. The van der Waals surface area contributed by atoms with Crippen molar-refractivity contribution in [1.82, 2.24) is 25.5 Å². The Balaban J connectivity index is 1.62. The number of rotatable bonds is 3. The lowest BCUT2D eigenvalue weighted by Crippen LogP contribution is -2.44. The van der Waals surface area contributed by atoms with E-state index in [2.05, 4.69) is 25.5 Å². The summed E-state index contributed by atoms with van der Waals surface area (Å²) >= 11 is 0. The van der Waals surface area contributed by atoms with E-state index in [4.69, 9.17) is 4.74 Å². The Morgan fingerprint density at radius 3 is 3.08 bits per heavy atom. The highest BCUT2D eigenvalue weighted by Crippen LogP contribution is 2.25. The Morgan fingerprint density at radius 2 is 2.21 bits per heavy atom. The first-order chi connectivity index (χ1) is 11.7. The maximum absolute atomic E-state index is 13.9. The van der Waals surface area contributed by atoms with Crippen LogP contribution in [0.2, 0.25) is 0 Å². The highest BCUT2D eigenvalue weighted by Gasteiger charge is 2.26. The summed E-state index contributed by atoms with van der Waals surface area (Å²) in [5.74, 6) is 0.353. The van der Waals surface area contributed by atoms with Gasteiger partial charge in [-0.2, -0.15) is 5.10 Å². The third-order valence-electron chi connectivity index (χ3n) is 4.27. The number of halogens is 1. The van der Waals surface area contributed by atoms with Crippen LogP contribution in [-0.4, -0.2) is 45.5 Å². The minimum atomic E-state index is -1.03. The molecule has 1 aliphatic heterocycles. The molecule has 3 aromatic rings. The molecular weight excluding hydrogens is 309 g/mol. The number of aromatic amines is 1. The van der Waals surface area contributed by atoms with Crippen molar-refractivity contribution in [2.45, 2.75) is 25.6 Å². The molecule has 0 saturated carbocycles. The van der Waals surface area contributed by atoms with Crippen LogP contribution in [0.15, 0.2) is 30.6 Å². The van der Waals surface area contributed by atoms with E-state index < -0.39 is 12.3 Å². The number of aromatic nitrogens is 4. The van der Waals surface area contributed by atoms with E-state index in [1.54, 1.807) is 6.20 Å². The van der Waals surface area contributed by atoms with Crippen LogP contribution in [0, 0.1) is 6.92 Å². The lowest BCUT2D eigenvalue weighted by atomic mass is 10.1. The highest BCUT2D eigenvalue weighted by atomic mass is 19.1. The molecule has 1 saturated heterocycles.